The molecular formula is C17H17N3O4S. The van der Waals surface area contributed by atoms with Crippen LogP contribution in [0.5, 0.6) is 5.75 Å². The number of ether oxygens (including phenoxy) is 1. The van der Waals surface area contributed by atoms with Crippen molar-refractivity contribution in [3.8, 4) is 11.8 Å². The molecule has 0 unspecified atom stereocenters. The minimum atomic E-state index is -3.97. The van der Waals surface area contributed by atoms with Gasteiger partial charge in [-0.1, -0.05) is 12.1 Å². The number of nitriles is 1. The summed E-state index contributed by atoms with van der Waals surface area (Å²) in [5, 5.41) is 8.81. The summed E-state index contributed by atoms with van der Waals surface area (Å²) in [4.78, 5) is 13.6. The number of rotatable bonds is 6. The van der Waals surface area contributed by atoms with Gasteiger partial charge in [0.2, 0.25) is 0 Å². The van der Waals surface area contributed by atoms with E-state index >= 15 is 0 Å². The topological polar surface area (TPSA) is 108 Å². The van der Waals surface area contributed by atoms with Crippen LogP contribution in [0.1, 0.15) is 16.7 Å². The number of amides is 1. The smallest absolute Gasteiger partial charge is 0.272 e. The van der Waals surface area contributed by atoms with Crippen molar-refractivity contribution < 1.29 is 17.9 Å². The number of hydrogen-bond donors (Lipinski definition) is 2. The van der Waals surface area contributed by atoms with E-state index in [0.29, 0.717) is 5.75 Å². The molecule has 0 aliphatic heterocycles. The van der Waals surface area contributed by atoms with E-state index in [-0.39, 0.29) is 17.1 Å². The maximum absolute atomic E-state index is 12.1. The molecule has 7 nitrogen and oxygen atoms in total. The molecule has 0 aliphatic rings. The maximum atomic E-state index is 12.1. The Bertz CT molecular complexity index is 913. The number of nitrogens with zero attached hydrogens (tertiary/aromatic N) is 1. The van der Waals surface area contributed by atoms with Crippen LogP contribution >= 0.6 is 0 Å². The molecule has 0 radical (unpaired) electrons. The van der Waals surface area contributed by atoms with Crippen molar-refractivity contribution >= 4 is 15.9 Å². The van der Waals surface area contributed by atoms with Gasteiger partial charge in [-0.2, -0.15) is 5.26 Å². The molecular weight excluding hydrogens is 342 g/mol. The Hall–Kier alpha value is -2.89. The number of sulfonamides is 1. The molecule has 0 fully saturated rings. The van der Waals surface area contributed by atoms with E-state index in [4.69, 9.17) is 10.00 Å². The lowest BCUT2D eigenvalue weighted by atomic mass is 10.1. The number of aryl methyl sites for hydroxylation is 2. The van der Waals surface area contributed by atoms with Crippen LogP contribution in [-0.4, -0.2) is 20.9 Å². The Labute approximate surface area is 146 Å². The second-order valence-corrected chi connectivity index (χ2v) is 7.09. The van der Waals surface area contributed by atoms with Crippen molar-refractivity contribution in [3.05, 3.63) is 59.2 Å². The zero-order valence-corrected chi connectivity index (χ0v) is 14.6. The van der Waals surface area contributed by atoms with Gasteiger partial charge in [-0.25, -0.2) is 8.42 Å². The first-order valence-corrected chi connectivity index (χ1v) is 8.80. The zero-order valence-electron chi connectivity index (χ0n) is 13.7. The summed E-state index contributed by atoms with van der Waals surface area (Å²) >= 11 is 0. The van der Waals surface area contributed by atoms with Gasteiger partial charge in [0.1, 0.15) is 5.75 Å². The molecule has 2 aromatic rings. The van der Waals surface area contributed by atoms with Crippen molar-refractivity contribution in [2.24, 2.45) is 0 Å². The summed E-state index contributed by atoms with van der Waals surface area (Å²) in [5.74, 6) is -0.128. The quantitative estimate of drug-likeness (QED) is 0.761. The van der Waals surface area contributed by atoms with Crippen molar-refractivity contribution in [2.45, 2.75) is 18.7 Å². The highest BCUT2D eigenvalue weighted by Gasteiger charge is 2.15. The van der Waals surface area contributed by atoms with Crippen molar-refractivity contribution in [2.75, 3.05) is 6.61 Å². The molecule has 0 heterocycles. The first kappa shape index (κ1) is 18.4. The van der Waals surface area contributed by atoms with Gasteiger partial charge in [0.25, 0.3) is 15.9 Å². The lowest BCUT2D eigenvalue weighted by Gasteiger charge is -2.10. The van der Waals surface area contributed by atoms with E-state index in [0.717, 1.165) is 11.1 Å². The third kappa shape index (κ3) is 5.31. The molecule has 1 amide bonds. The summed E-state index contributed by atoms with van der Waals surface area (Å²) in [5.41, 5.74) is 4.26. The molecule has 0 bridgehead atoms. The summed E-state index contributed by atoms with van der Waals surface area (Å²) in [7, 11) is -3.97. The molecule has 0 atom stereocenters. The SMILES string of the molecule is Cc1cc(C)cc(OCC(=O)NNS(=O)(=O)c2cccc(C#N)c2)c1. The van der Waals surface area contributed by atoms with Crippen LogP contribution in [0.15, 0.2) is 47.4 Å². The molecule has 0 saturated carbocycles. The Morgan fingerprint density at radius 3 is 2.48 bits per heavy atom. The number of hydrogen-bond acceptors (Lipinski definition) is 5. The average molecular weight is 359 g/mol. The molecule has 0 aliphatic carbocycles. The fourth-order valence-corrected chi connectivity index (χ4v) is 3.02. The van der Waals surface area contributed by atoms with Crippen LogP contribution in [0.2, 0.25) is 0 Å². The molecule has 0 spiro atoms. The minimum Gasteiger partial charge on any atom is -0.484 e. The van der Waals surface area contributed by atoms with Crippen LogP contribution in [0.25, 0.3) is 0 Å². The Kier molecular flexibility index (Phi) is 5.75. The van der Waals surface area contributed by atoms with Crippen molar-refractivity contribution in [3.63, 3.8) is 0 Å². The summed E-state index contributed by atoms with van der Waals surface area (Å²) in [6.45, 7) is 3.47. The number of hydrazine groups is 1. The molecule has 8 heteroatoms. The van der Waals surface area contributed by atoms with E-state index in [1.165, 1.54) is 24.3 Å². The van der Waals surface area contributed by atoms with Gasteiger partial charge in [-0.05, 0) is 55.3 Å². The third-order valence-electron chi connectivity index (χ3n) is 3.16. The number of nitrogens with one attached hydrogen (secondary N) is 2. The average Bonchev–Trinajstić information content (AvgIpc) is 2.57. The largest absolute Gasteiger partial charge is 0.484 e. The number of benzene rings is 2. The molecule has 2 N–H and O–H groups in total. The van der Waals surface area contributed by atoms with Gasteiger partial charge in [0, 0.05) is 0 Å². The van der Waals surface area contributed by atoms with Crippen LogP contribution in [-0.2, 0) is 14.8 Å². The highest BCUT2D eigenvalue weighted by molar-refractivity contribution is 7.89. The van der Waals surface area contributed by atoms with E-state index < -0.39 is 15.9 Å². The molecule has 0 aromatic heterocycles. The summed E-state index contributed by atoms with van der Waals surface area (Å²) in [6.07, 6.45) is 0. The van der Waals surface area contributed by atoms with Crippen LogP contribution < -0.4 is 15.0 Å². The molecule has 130 valence electrons. The second-order valence-electron chi connectivity index (χ2n) is 5.41. The van der Waals surface area contributed by atoms with Gasteiger partial charge in [-0.3, -0.25) is 10.2 Å². The number of carbonyl (C=O) groups is 1. The highest BCUT2D eigenvalue weighted by atomic mass is 32.2. The Morgan fingerprint density at radius 2 is 1.84 bits per heavy atom. The first-order valence-electron chi connectivity index (χ1n) is 7.32. The Balaban J connectivity index is 1.93. The normalized spacial score (nSPS) is 10.8. The van der Waals surface area contributed by atoms with E-state index in [2.05, 4.69) is 5.43 Å². The lowest BCUT2D eigenvalue weighted by Crippen LogP contribution is -2.43. The predicted molar refractivity (Wildman–Crippen MR) is 91.0 cm³/mol. The van der Waals surface area contributed by atoms with Crippen LogP contribution in [0, 0.1) is 25.2 Å². The third-order valence-corrected chi connectivity index (χ3v) is 4.41. The Morgan fingerprint density at radius 1 is 1.16 bits per heavy atom. The second kappa shape index (κ2) is 7.79. The molecule has 0 saturated heterocycles. The van der Waals surface area contributed by atoms with Crippen LogP contribution in [0.3, 0.4) is 0 Å². The van der Waals surface area contributed by atoms with E-state index in [1.54, 1.807) is 12.1 Å². The minimum absolute atomic E-state index is 0.123. The molecule has 25 heavy (non-hydrogen) atoms. The maximum Gasteiger partial charge on any atom is 0.272 e. The van der Waals surface area contributed by atoms with Crippen LogP contribution in [0.4, 0.5) is 0 Å². The monoisotopic (exact) mass is 359 g/mol. The molecule has 2 rings (SSSR count). The van der Waals surface area contributed by atoms with Crippen molar-refractivity contribution in [1.82, 2.24) is 10.3 Å². The predicted octanol–water partition coefficient (Wildman–Crippen LogP) is 1.56. The van der Waals surface area contributed by atoms with Gasteiger partial charge in [0.15, 0.2) is 6.61 Å². The van der Waals surface area contributed by atoms with E-state index in [9.17, 15) is 13.2 Å². The van der Waals surface area contributed by atoms with Gasteiger partial charge in [-0.15, -0.1) is 4.83 Å². The zero-order chi connectivity index (χ0) is 18.4. The lowest BCUT2D eigenvalue weighted by molar-refractivity contribution is -0.123. The van der Waals surface area contributed by atoms with Gasteiger partial charge in [0.05, 0.1) is 16.5 Å². The first-order chi connectivity index (χ1) is 11.8. The fourth-order valence-electron chi connectivity index (χ4n) is 2.12. The van der Waals surface area contributed by atoms with Gasteiger partial charge < -0.3 is 4.74 Å². The molecule has 2 aromatic carbocycles. The fraction of sp³-hybridized carbons (Fsp3) is 0.176. The standard InChI is InChI=1S/C17H17N3O4S/c1-12-6-13(2)8-15(7-12)24-11-17(21)19-20-25(22,23)16-5-3-4-14(9-16)10-18/h3-9,20H,11H2,1-2H3,(H,19,21). The highest BCUT2D eigenvalue weighted by Crippen LogP contribution is 2.16. The van der Waals surface area contributed by atoms with Crippen molar-refractivity contribution in [1.29, 1.82) is 5.26 Å². The summed E-state index contributed by atoms with van der Waals surface area (Å²) < 4.78 is 29.5. The van der Waals surface area contributed by atoms with E-state index in [1.807, 2.05) is 30.8 Å². The number of carbonyl (C=O) groups excluding carboxylic acids is 1. The van der Waals surface area contributed by atoms with Gasteiger partial charge >= 0.3 is 0 Å². The summed E-state index contributed by atoms with van der Waals surface area (Å²) in [6, 6.07) is 12.8.